The second-order valence-electron chi connectivity index (χ2n) is 4.86. The van der Waals surface area contributed by atoms with Gasteiger partial charge in [0.2, 0.25) is 15.6 Å². The molecule has 0 saturated carbocycles. The summed E-state index contributed by atoms with van der Waals surface area (Å²) in [7, 11) is -1.70. The van der Waals surface area contributed by atoms with Gasteiger partial charge in [0.25, 0.3) is 0 Å². The van der Waals surface area contributed by atoms with E-state index in [9.17, 15) is 13.2 Å². The van der Waals surface area contributed by atoms with Crippen molar-refractivity contribution in [2.45, 2.75) is 13.0 Å². The highest BCUT2D eigenvalue weighted by Gasteiger charge is 2.10. The lowest BCUT2D eigenvalue weighted by molar-refractivity contribution is 0.580. The number of aryl methyl sites for hydroxylation is 2. The molecule has 0 spiro atoms. The van der Waals surface area contributed by atoms with Gasteiger partial charge in [-0.1, -0.05) is 36.4 Å². The minimum Gasteiger partial charge on any atom is -0.318 e. The van der Waals surface area contributed by atoms with Crippen molar-refractivity contribution in [3.05, 3.63) is 70.1 Å². The van der Waals surface area contributed by atoms with Gasteiger partial charge in [-0.25, -0.2) is 13.1 Å². The fourth-order valence-electron chi connectivity index (χ4n) is 1.92. The maximum atomic E-state index is 11.9. The standard InChI is InChI=1S/C15H18N2O3S/c1-17-12-14(7-8-15(17)18)11-16-21(19,20)10-9-13-5-3-2-4-6-13/h2-8,12,16H,9-11H2,1H3. The Balaban J connectivity index is 1.92. The van der Waals surface area contributed by atoms with Crippen LogP contribution in [0.25, 0.3) is 0 Å². The number of nitrogens with zero attached hydrogens (tertiary/aromatic N) is 1. The molecular weight excluding hydrogens is 288 g/mol. The van der Waals surface area contributed by atoms with Crippen molar-refractivity contribution in [2.24, 2.45) is 7.05 Å². The second kappa shape index (κ2) is 6.69. The van der Waals surface area contributed by atoms with Crippen molar-refractivity contribution in [3.8, 4) is 0 Å². The fraction of sp³-hybridized carbons (Fsp3) is 0.267. The first kappa shape index (κ1) is 15.5. The Kier molecular flexibility index (Phi) is 4.93. The number of nitrogens with one attached hydrogen (secondary N) is 1. The first-order chi connectivity index (χ1) is 9.96. The van der Waals surface area contributed by atoms with Crippen molar-refractivity contribution in [2.75, 3.05) is 5.75 Å². The lowest BCUT2D eigenvalue weighted by atomic mass is 10.2. The largest absolute Gasteiger partial charge is 0.318 e. The van der Waals surface area contributed by atoms with Crippen LogP contribution >= 0.6 is 0 Å². The summed E-state index contributed by atoms with van der Waals surface area (Å²) in [6, 6.07) is 12.5. The Morgan fingerprint density at radius 3 is 2.43 bits per heavy atom. The topological polar surface area (TPSA) is 68.2 Å². The van der Waals surface area contributed by atoms with Gasteiger partial charge in [0.15, 0.2) is 0 Å². The zero-order valence-corrected chi connectivity index (χ0v) is 12.6. The molecule has 1 N–H and O–H groups in total. The van der Waals surface area contributed by atoms with Crippen molar-refractivity contribution < 1.29 is 8.42 Å². The van der Waals surface area contributed by atoms with Crippen LogP contribution in [0.1, 0.15) is 11.1 Å². The number of hydrogen-bond acceptors (Lipinski definition) is 3. The molecule has 0 aliphatic rings. The van der Waals surface area contributed by atoms with Gasteiger partial charge in [0.05, 0.1) is 5.75 Å². The van der Waals surface area contributed by atoms with Crippen LogP contribution in [0.5, 0.6) is 0 Å². The quantitative estimate of drug-likeness (QED) is 0.867. The van der Waals surface area contributed by atoms with Gasteiger partial charge in [-0.3, -0.25) is 4.79 Å². The van der Waals surface area contributed by atoms with Crippen molar-refractivity contribution >= 4 is 10.0 Å². The van der Waals surface area contributed by atoms with Gasteiger partial charge in [0.1, 0.15) is 0 Å². The van der Waals surface area contributed by atoms with Crippen LogP contribution in [0.3, 0.4) is 0 Å². The summed E-state index contributed by atoms with van der Waals surface area (Å²) in [6.07, 6.45) is 2.10. The molecule has 2 rings (SSSR count). The van der Waals surface area contributed by atoms with Gasteiger partial charge in [-0.2, -0.15) is 0 Å². The summed E-state index contributed by atoms with van der Waals surface area (Å²) in [5.74, 6) is 0.0444. The fourth-order valence-corrected chi connectivity index (χ4v) is 2.95. The predicted molar refractivity (Wildman–Crippen MR) is 82.5 cm³/mol. The van der Waals surface area contributed by atoms with Gasteiger partial charge in [0, 0.05) is 25.9 Å². The molecule has 112 valence electrons. The molecule has 0 amide bonds. The third kappa shape index (κ3) is 4.84. The summed E-state index contributed by atoms with van der Waals surface area (Å²) in [4.78, 5) is 11.3. The summed E-state index contributed by atoms with van der Waals surface area (Å²) >= 11 is 0. The molecule has 6 heteroatoms. The first-order valence-corrected chi connectivity index (χ1v) is 8.28. The molecule has 0 atom stereocenters. The average molecular weight is 306 g/mol. The molecule has 0 radical (unpaired) electrons. The van der Waals surface area contributed by atoms with E-state index in [2.05, 4.69) is 4.72 Å². The molecule has 0 unspecified atom stereocenters. The number of sulfonamides is 1. The number of hydrogen-bond donors (Lipinski definition) is 1. The summed E-state index contributed by atoms with van der Waals surface area (Å²) in [5.41, 5.74) is 1.62. The van der Waals surface area contributed by atoms with E-state index in [0.717, 1.165) is 11.1 Å². The van der Waals surface area contributed by atoms with E-state index in [1.807, 2.05) is 30.3 Å². The lowest BCUT2D eigenvalue weighted by Crippen LogP contribution is -2.27. The molecule has 2 aromatic rings. The van der Waals surface area contributed by atoms with Crippen molar-refractivity contribution in [3.63, 3.8) is 0 Å². The zero-order valence-electron chi connectivity index (χ0n) is 11.8. The Morgan fingerprint density at radius 2 is 1.76 bits per heavy atom. The van der Waals surface area contributed by atoms with Crippen molar-refractivity contribution in [1.29, 1.82) is 0 Å². The van der Waals surface area contributed by atoms with E-state index in [4.69, 9.17) is 0 Å². The third-order valence-electron chi connectivity index (χ3n) is 3.15. The van der Waals surface area contributed by atoms with Crippen LogP contribution in [0, 0.1) is 0 Å². The van der Waals surface area contributed by atoms with E-state index < -0.39 is 10.0 Å². The molecule has 21 heavy (non-hydrogen) atoms. The Hall–Kier alpha value is -1.92. The van der Waals surface area contributed by atoms with Crippen LogP contribution in [0.15, 0.2) is 53.5 Å². The highest BCUT2D eigenvalue weighted by atomic mass is 32.2. The summed E-state index contributed by atoms with van der Waals surface area (Å²) < 4.78 is 27.9. The van der Waals surface area contributed by atoms with Crippen LogP contribution in [0.2, 0.25) is 0 Å². The van der Waals surface area contributed by atoms with E-state index in [0.29, 0.717) is 6.42 Å². The summed E-state index contributed by atoms with van der Waals surface area (Å²) in [5, 5.41) is 0. The van der Waals surface area contributed by atoms with Crippen LogP contribution in [0.4, 0.5) is 0 Å². The minimum absolute atomic E-state index is 0.0444. The number of rotatable bonds is 6. The minimum atomic E-state index is -3.34. The van der Waals surface area contributed by atoms with Crippen molar-refractivity contribution in [1.82, 2.24) is 9.29 Å². The highest BCUT2D eigenvalue weighted by molar-refractivity contribution is 7.89. The van der Waals surface area contributed by atoms with E-state index in [1.165, 1.54) is 10.6 Å². The second-order valence-corrected chi connectivity index (χ2v) is 6.79. The first-order valence-electron chi connectivity index (χ1n) is 6.63. The molecule has 1 heterocycles. The SMILES string of the molecule is Cn1cc(CNS(=O)(=O)CCc2ccccc2)ccc1=O. The third-order valence-corrected chi connectivity index (χ3v) is 4.47. The van der Waals surface area contributed by atoms with Gasteiger partial charge in [-0.15, -0.1) is 0 Å². The van der Waals surface area contributed by atoms with Crippen LogP contribution in [-0.2, 0) is 30.0 Å². The predicted octanol–water partition coefficient (Wildman–Crippen LogP) is 1.05. The summed E-state index contributed by atoms with van der Waals surface area (Å²) in [6.45, 7) is 0.186. The molecule has 0 saturated heterocycles. The molecule has 1 aromatic carbocycles. The van der Waals surface area contributed by atoms with Crippen LogP contribution in [-0.4, -0.2) is 18.7 Å². The zero-order chi connectivity index (χ0) is 15.3. The van der Waals surface area contributed by atoms with Gasteiger partial charge >= 0.3 is 0 Å². The van der Waals surface area contributed by atoms with Gasteiger partial charge in [-0.05, 0) is 17.5 Å². The monoisotopic (exact) mass is 306 g/mol. The molecular formula is C15H18N2O3S. The molecule has 0 aliphatic carbocycles. The molecule has 0 aliphatic heterocycles. The highest BCUT2D eigenvalue weighted by Crippen LogP contribution is 2.02. The average Bonchev–Trinajstić information content (AvgIpc) is 2.48. The maximum absolute atomic E-state index is 11.9. The molecule has 0 bridgehead atoms. The van der Waals surface area contributed by atoms with E-state index in [1.54, 1.807) is 19.3 Å². The smallest absolute Gasteiger partial charge is 0.250 e. The van der Waals surface area contributed by atoms with E-state index >= 15 is 0 Å². The Bertz CT molecular complexity index is 752. The number of benzene rings is 1. The lowest BCUT2D eigenvalue weighted by Gasteiger charge is -2.08. The maximum Gasteiger partial charge on any atom is 0.250 e. The number of aromatic nitrogens is 1. The Labute approximate surface area is 124 Å². The van der Waals surface area contributed by atoms with Crippen LogP contribution < -0.4 is 10.3 Å². The molecule has 5 nitrogen and oxygen atoms in total. The molecule has 1 aromatic heterocycles. The normalized spacial score (nSPS) is 11.5. The van der Waals surface area contributed by atoms with E-state index in [-0.39, 0.29) is 17.9 Å². The number of pyridine rings is 1. The molecule has 0 fully saturated rings. The van der Waals surface area contributed by atoms with Gasteiger partial charge < -0.3 is 4.57 Å². The Morgan fingerprint density at radius 1 is 1.05 bits per heavy atom.